The number of hydrogen-bond acceptors (Lipinski definition) is 6. The van der Waals surface area contributed by atoms with E-state index >= 15 is 0 Å². The number of carbonyl (C=O) groups is 1. The van der Waals surface area contributed by atoms with Gasteiger partial charge in [0, 0.05) is 6.07 Å². The number of benzene rings is 2. The SMILES string of the molecule is O=C(Nc1c(F)ccc(NS(=O)(=O)c2cc(F)ccc2F)c1F)Oc1cnc2nc[nH]c2c1. The summed E-state index contributed by atoms with van der Waals surface area (Å²) in [5.74, 6) is -5.22. The lowest BCUT2D eigenvalue weighted by atomic mass is 10.2. The van der Waals surface area contributed by atoms with Gasteiger partial charge in [-0.2, -0.15) is 0 Å². The van der Waals surface area contributed by atoms with Gasteiger partial charge in [-0.15, -0.1) is 0 Å². The van der Waals surface area contributed by atoms with E-state index in [1.54, 1.807) is 4.72 Å². The first-order valence-corrected chi connectivity index (χ1v) is 10.4. The van der Waals surface area contributed by atoms with E-state index in [-0.39, 0.29) is 5.75 Å². The van der Waals surface area contributed by atoms with Gasteiger partial charge in [-0.3, -0.25) is 10.0 Å². The molecule has 2 aromatic carbocycles. The maximum atomic E-state index is 14.8. The van der Waals surface area contributed by atoms with Crippen LogP contribution >= 0.6 is 0 Å². The van der Waals surface area contributed by atoms with Crippen LogP contribution in [-0.4, -0.2) is 29.5 Å². The van der Waals surface area contributed by atoms with Crippen LogP contribution in [0.25, 0.3) is 11.2 Å². The number of H-pyrrole nitrogens is 1. The minimum absolute atomic E-state index is 0.0801. The molecular formula is C19H11F4N5O4S. The fraction of sp³-hybridized carbons (Fsp3) is 0. The lowest BCUT2D eigenvalue weighted by Gasteiger charge is -2.13. The first kappa shape index (κ1) is 22.0. The smallest absolute Gasteiger partial charge is 0.408 e. The maximum absolute atomic E-state index is 14.8. The monoisotopic (exact) mass is 481 g/mol. The van der Waals surface area contributed by atoms with Gasteiger partial charge >= 0.3 is 6.09 Å². The molecule has 33 heavy (non-hydrogen) atoms. The number of ether oxygens (including phenoxy) is 1. The summed E-state index contributed by atoms with van der Waals surface area (Å²) >= 11 is 0. The third-order valence-corrected chi connectivity index (χ3v) is 5.58. The average molecular weight is 481 g/mol. The Labute approximate surface area is 182 Å². The van der Waals surface area contributed by atoms with Gasteiger partial charge in [-0.1, -0.05) is 0 Å². The molecule has 0 bridgehead atoms. The summed E-state index contributed by atoms with van der Waals surface area (Å²) in [6.45, 7) is 0. The van der Waals surface area contributed by atoms with Gasteiger partial charge in [0.1, 0.15) is 28.0 Å². The molecule has 0 aliphatic rings. The summed E-state index contributed by atoms with van der Waals surface area (Å²) in [6.07, 6.45) is 1.19. The molecule has 0 saturated carbocycles. The van der Waals surface area contributed by atoms with Crippen molar-refractivity contribution in [3.63, 3.8) is 0 Å². The molecule has 170 valence electrons. The highest BCUT2D eigenvalue weighted by atomic mass is 32.2. The molecule has 0 radical (unpaired) electrons. The van der Waals surface area contributed by atoms with Crippen molar-refractivity contribution in [3.8, 4) is 5.75 Å². The molecule has 4 aromatic rings. The van der Waals surface area contributed by atoms with Gasteiger partial charge in [0.15, 0.2) is 17.2 Å². The van der Waals surface area contributed by atoms with Crippen LogP contribution in [0.3, 0.4) is 0 Å². The van der Waals surface area contributed by atoms with E-state index in [0.717, 1.165) is 6.20 Å². The Morgan fingerprint density at radius 1 is 1.00 bits per heavy atom. The Morgan fingerprint density at radius 3 is 2.55 bits per heavy atom. The number of halogens is 4. The molecule has 0 aliphatic heterocycles. The van der Waals surface area contributed by atoms with E-state index in [2.05, 4.69) is 15.0 Å². The molecule has 0 aliphatic carbocycles. The zero-order valence-corrected chi connectivity index (χ0v) is 16.9. The molecule has 2 aromatic heterocycles. The second-order valence-corrected chi connectivity index (χ2v) is 8.07. The van der Waals surface area contributed by atoms with Crippen LogP contribution in [-0.2, 0) is 10.0 Å². The number of hydrogen-bond donors (Lipinski definition) is 3. The standard InChI is InChI=1S/C19H11F4N5O4S/c20-9-1-2-11(21)15(5-9)33(30,31)28-13-4-3-12(22)17(16(13)23)27-19(29)32-10-6-14-18(24-7-10)26-8-25-14/h1-8,28H,(H,27,29)(H,24,25,26). The van der Waals surface area contributed by atoms with Crippen molar-refractivity contribution in [2.75, 3.05) is 10.0 Å². The van der Waals surface area contributed by atoms with E-state index in [0.29, 0.717) is 41.5 Å². The largest absolute Gasteiger partial charge is 0.417 e. The van der Waals surface area contributed by atoms with Gasteiger partial charge in [-0.05, 0) is 30.3 Å². The van der Waals surface area contributed by atoms with Crippen molar-refractivity contribution in [3.05, 3.63) is 72.2 Å². The van der Waals surface area contributed by atoms with Gasteiger partial charge in [0.25, 0.3) is 10.0 Å². The molecule has 3 N–H and O–H groups in total. The molecule has 2 heterocycles. The summed E-state index contributed by atoms with van der Waals surface area (Å²) in [5.41, 5.74) is -1.11. The van der Waals surface area contributed by atoms with Crippen molar-refractivity contribution in [2.45, 2.75) is 4.90 Å². The Hall–Kier alpha value is -4.20. The Bertz CT molecular complexity index is 1490. The van der Waals surface area contributed by atoms with E-state index in [9.17, 15) is 30.8 Å². The Morgan fingerprint density at radius 2 is 1.76 bits per heavy atom. The molecule has 0 atom stereocenters. The fourth-order valence-electron chi connectivity index (χ4n) is 2.73. The van der Waals surface area contributed by atoms with E-state index < -0.39 is 55.7 Å². The molecule has 0 unspecified atom stereocenters. The van der Waals surface area contributed by atoms with E-state index in [4.69, 9.17) is 4.74 Å². The number of nitrogens with one attached hydrogen (secondary N) is 3. The maximum Gasteiger partial charge on any atom is 0.417 e. The van der Waals surface area contributed by atoms with Crippen LogP contribution in [0.4, 0.5) is 33.7 Å². The minimum atomic E-state index is -4.80. The van der Waals surface area contributed by atoms with Crippen LogP contribution in [0, 0.1) is 23.3 Å². The summed E-state index contributed by atoms with van der Waals surface area (Å²) in [6, 6.07) is 4.37. The van der Waals surface area contributed by atoms with Crippen LogP contribution in [0.1, 0.15) is 0 Å². The quantitative estimate of drug-likeness (QED) is 0.371. The number of pyridine rings is 1. The number of aromatic amines is 1. The number of nitrogens with zero attached hydrogens (tertiary/aromatic N) is 2. The normalized spacial score (nSPS) is 11.4. The van der Waals surface area contributed by atoms with E-state index in [1.807, 2.05) is 5.32 Å². The average Bonchev–Trinajstić information content (AvgIpc) is 3.22. The highest BCUT2D eigenvalue weighted by Gasteiger charge is 2.24. The van der Waals surface area contributed by atoms with Crippen LogP contribution in [0.15, 0.2) is 53.8 Å². The van der Waals surface area contributed by atoms with Gasteiger partial charge in [0.05, 0.1) is 23.7 Å². The predicted molar refractivity (Wildman–Crippen MR) is 107 cm³/mol. The number of imidazole rings is 1. The molecule has 1 amide bonds. The van der Waals surface area contributed by atoms with Crippen molar-refractivity contribution in [1.82, 2.24) is 15.0 Å². The molecule has 4 rings (SSSR count). The second-order valence-electron chi connectivity index (χ2n) is 6.42. The Kier molecular flexibility index (Phi) is 5.59. The van der Waals surface area contributed by atoms with Gasteiger partial charge < -0.3 is 9.72 Å². The lowest BCUT2D eigenvalue weighted by Crippen LogP contribution is -2.20. The van der Waals surface area contributed by atoms with Crippen molar-refractivity contribution in [2.24, 2.45) is 0 Å². The number of rotatable bonds is 5. The molecule has 0 spiro atoms. The predicted octanol–water partition coefficient (Wildman–Crippen LogP) is 3.93. The van der Waals surface area contributed by atoms with Crippen molar-refractivity contribution >= 4 is 38.7 Å². The van der Waals surface area contributed by atoms with Crippen molar-refractivity contribution in [1.29, 1.82) is 0 Å². The number of sulfonamides is 1. The number of amides is 1. The summed E-state index contributed by atoms with van der Waals surface area (Å²) in [5, 5.41) is 1.82. The first-order valence-electron chi connectivity index (χ1n) is 8.88. The van der Waals surface area contributed by atoms with Gasteiger partial charge in [-0.25, -0.2) is 40.7 Å². The number of anilines is 2. The third-order valence-electron chi connectivity index (χ3n) is 4.20. The van der Waals surface area contributed by atoms with Crippen LogP contribution in [0.5, 0.6) is 5.75 Å². The number of aromatic nitrogens is 3. The van der Waals surface area contributed by atoms with E-state index in [1.165, 1.54) is 12.4 Å². The van der Waals surface area contributed by atoms with Gasteiger partial charge in [0.2, 0.25) is 0 Å². The van der Waals surface area contributed by atoms with Crippen LogP contribution in [0.2, 0.25) is 0 Å². The highest BCUT2D eigenvalue weighted by Crippen LogP contribution is 2.29. The zero-order valence-electron chi connectivity index (χ0n) is 16.1. The highest BCUT2D eigenvalue weighted by molar-refractivity contribution is 7.92. The summed E-state index contributed by atoms with van der Waals surface area (Å²) in [4.78, 5) is 21.5. The first-order chi connectivity index (χ1) is 15.6. The molecule has 9 nitrogen and oxygen atoms in total. The van der Waals surface area contributed by atoms with Crippen molar-refractivity contribution < 1.29 is 35.5 Å². The molecular weight excluding hydrogens is 470 g/mol. The molecule has 0 fully saturated rings. The summed E-state index contributed by atoms with van der Waals surface area (Å²) in [7, 11) is -4.80. The molecule has 14 heteroatoms. The Balaban J connectivity index is 1.57. The fourth-order valence-corrected chi connectivity index (χ4v) is 3.88. The lowest BCUT2D eigenvalue weighted by molar-refractivity contribution is 0.215. The number of fused-ring (bicyclic) bond motifs is 1. The van der Waals surface area contributed by atoms with Crippen LogP contribution < -0.4 is 14.8 Å². The second kappa shape index (κ2) is 8.38. The summed E-state index contributed by atoms with van der Waals surface area (Å²) < 4.78 is 87.5. The number of carbonyl (C=O) groups excluding carboxylic acids is 1. The molecule has 0 saturated heterocycles. The topological polar surface area (TPSA) is 126 Å². The third kappa shape index (κ3) is 4.55. The minimum Gasteiger partial charge on any atom is -0.408 e. The zero-order chi connectivity index (χ0) is 23.8.